The minimum absolute atomic E-state index is 0.945. The van der Waals surface area contributed by atoms with Gasteiger partial charge in [-0.1, -0.05) is 15.9 Å². The highest BCUT2D eigenvalue weighted by molar-refractivity contribution is 9.11. The lowest BCUT2D eigenvalue weighted by atomic mass is 10.3. The minimum atomic E-state index is 0.945. The summed E-state index contributed by atoms with van der Waals surface area (Å²) in [6, 6.07) is 6.08. The van der Waals surface area contributed by atoms with Crippen LogP contribution in [0.1, 0.15) is 6.92 Å². The van der Waals surface area contributed by atoms with Crippen LogP contribution in [0.3, 0.4) is 0 Å². The van der Waals surface area contributed by atoms with E-state index in [0.717, 1.165) is 21.2 Å². The number of nitrogens with one attached hydrogen (secondary N) is 1. The van der Waals surface area contributed by atoms with Gasteiger partial charge in [0.2, 0.25) is 0 Å². The van der Waals surface area contributed by atoms with Gasteiger partial charge >= 0.3 is 0 Å². The second kappa shape index (κ2) is 4.12. The van der Waals surface area contributed by atoms with Crippen molar-refractivity contribution in [2.75, 3.05) is 11.9 Å². The van der Waals surface area contributed by atoms with Gasteiger partial charge in [-0.15, -0.1) is 0 Å². The number of rotatable bonds is 2. The van der Waals surface area contributed by atoms with Gasteiger partial charge in [0.15, 0.2) is 0 Å². The van der Waals surface area contributed by atoms with Gasteiger partial charge < -0.3 is 5.32 Å². The van der Waals surface area contributed by atoms with E-state index in [9.17, 15) is 0 Å². The van der Waals surface area contributed by atoms with Gasteiger partial charge in [0.1, 0.15) is 0 Å². The standard InChI is InChI=1S/C8H9Br2N/c1-2-11-8-4-3-6(9)5-7(8)10/h3-5,11H,2H2,1H3. The lowest BCUT2D eigenvalue weighted by Crippen LogP contribution is -1.96. The van der Waals surface area contributed by atoms with Crippen molar-refractivity contribution in [2.24, 2.45) is 0 Å². The molecular weight excluding hydrogens is 270 g/mol. The molecule has 0 aliphatic carbocycles. The van der Waals surface area contributed by atoms with Gasteiger partial charge in [-0.25, -0.2) is 0 Å². The Hall–Kier alpha value is -0.0200. The van der Waals surface area contributed by atoms with Crippen LogP contribution in [0.15, 0.2) is 27.1 Å². The Morgan fingerprint density at radius 3 is 2.64 bits per heavy atom. The van der Waals surface area contributed by atoms with Crippen LogP contribution in [-0.2, 0) is 0 Å². The van der Waals surface area contributed by atoms with Gasteiger partial charge in [-0.3, -0.25) is 0 Å². The molecule has 1 N–H and O–H groups in total. The number of benzene rings is 1. The van der Waals surface area contributed by atoms with Crippen molar-refractivity contribution < 1.29 is 0 Å². The van der Waals surface area contributed by atoms with Crippen molar-refractivity contribution in [3.05, 3.63) is 27.1 Å². The van der Waals surface area contributed by atoms with Gasteiger partial charge in [0, 0.05) is 21.2 Å². The number of halogens is 2. The first-order chi connectivity index (χ1) is 5.24. The molecule has 0 saturated heterocycles. The van der Waals surface area contributed by atoms with Crippen molar-refractivity contribution in [3.63, 3.8) is 0 Å². The maximum atomic E-state index is 3.46. The molecule has 0 spiro atoms. The highest BCUT2D eigenvalue weighted by atomic mass is 79.9. The van der Waals surface area contributed by atoms with Crippen molar-refractivity contribution in [3.8, 4) is 0 Å². The van der Waals surface area contributed by atoms with Crippen LogP contribution in [-0.4, -0.2) is 6.54 Å². The van der Waals surface area contributed by atoms with E-state index in [0.29, 0.717) is 0 Å². The molecule has 1 aromatic carbocycles. The summed E-state index contributed by atoms with van der Waals surface area (Å²) in [5.41, 5.74) is 1.13. The predicted octanol–water partition coefficient (Wildman–Crippen LogP) is 3.64. The summed E-state index contributed by atoms with van der Waals surface area (Å²) in [5.74, 6) is 0. The average Bonchev–Trinajstić information content (AvgIpc) is 1.95. The summed E-state index contributed by atoms with van der Waals surface area (Å²) in [7, 11) is 0. The first-order valence-corrected chi connectivity index (χ1v) is 5.01. The normalized spacial score (nSPS) is 9.73. The van der Waals surface area contributed by atoms with Gasteiger partial charge in [0.05, 0.1) is 0 Å². The van der Waals surface area contributed by atoms with Gasteiger partial charge in [0.25, 0.3) is 0 Å². The van der Waals surface area contributed by atoms with Crippen LogP contribution in [0.25, 0.3) is 0 Å². The zero-order chi connectivity index (χ0) is 8.27. The van der Waals surface area contributed by atoms with Crippen LogP contribution in [0.4, 0.5) is 5.69 Å². The molecular formula is C8H9Br2N. The van der Waals surface area contributed by atoms with E-state index in [1.807, 2.05) is 18.2 Å². The third-order valence-corrected chi connectivity index (χ3v) is 2.45. The van der Waals surface area contributed by atoms with Crippen molar-refractivity contribution in [1.29, 1.82) is 0 Å². The molecule has 1 nitrogen and oxygen atoms in total. The minimum Gasteiger partial charge on any atom is -0.384 e. The summed E-state index contributed by atoms with van der Waals surface area (Å²) in [5, 5.41) is 3.24. The van der Waals surface area contributed by atoms with E-state index < -0.39 is 0 Å². The third-order valence-electron chi connectivity index (χ3n) is 1.30. The second-order valence-corrected chi connectivity index (χ2v) is 3.92. The molecule has 0 aliphatic heterocycles. The van der Waals surface area contributed by atoms with Crippen LogP contribution in [0.5, 0.6) is 0 Å². The third kappa shape index (κ3) is 2.49. The molecule has 3 heteroatoms. The molecule has 0 amide bonds. The molecule has 0 heterocycles. The maximum Gasteiger partial charge on any atom is 0.0485 e. The topological polar surface area (TPSA) is 12.0 Å². The van der Waals surface area contributed by atoms with E-state index in [1.165, 1.54) is 0 Å². The summed E-state index contributed by atoms with van der Waals surface area (Å²) in [6.45, 7) is 3.02. The fourth-order valence-corrected chi connectivity index (χ4v) is 2.01. The molecule has 0 saturated carbocycles. The first-order valence-electron chi connectivity index (χ1n) is 3.43. The number of hydrogen-bond acceptors (Lipinski definition) is 1. The Morgan fingerprint density at radius 2 is 2.09 bits per heavy atom. The fourth-order valence-electron chi connectivity index (χ4n) is 0.823. The highest BCUT2D eigenvalue weighted by Crippen LogP contribution is 2.25. The zero-order valence-corrected chi connectivity index (χ0v) is 9.37. The van der Waals surface area contributed by atoms with E-state index in [2.05, 4.69) is 44.1 Å². The summed E-state index contributed by atoms with van der Waals surface area (Å²) in [4.78, 5) is 0. The van der Waals surface area contributed by atoms with Crippen LogP contribution in [0.2, 0.25) is 0 Å². The van der Waals surface area contributed by atoms with E-state index in [4.69, 9.17) is 0 Å². The lowest BCUT2D eigenvalue weighted by Gasteiger charge is -2.05. The van der Waals surface area contributed by atoms with Crippen molar-refractivity contribution >= 4 is 37.5 Å². The summed E-state index contributed by atoms with van der Waals surface area (Å²) >= 11 is 6.85. The maximum absolute atomic E-state index is 3.46. The van der Waals surface area contributed by atoms with Crippen molar-refractivity contribution in [2.45, 2.75) is 6.92 Å². The van der Waals surface area contributed by atoms with Crippen LogP contribution >= 0.6 is 31.9 Å². The van der Waals surface area contributed by atoms with E-state index in [1.54, 1.807) is 0 Å². The Labute approximate surface area is 83.4 Å². The second-order valence-electron chi connectivity index (χ2n) is 2.15. The molecule has 1 aromatic rings. The Morgan fingerprint density at radius 1 is 1.36 bits per heavy atom. The molecule has 0 aliphatic rings. The van der Waals surface area contributed by atoms with E-state index in [-0.39, 0.29) is 0 Å². The Kier molecular flexibility index (Phi) is 3.40. The average molecular weight is 279 g/mol. The number of anilines is 1. The zero-order valence-electron chi connectivity index (χ0n) is 6.20. The quantitative estimate of drug-likeness (QED) is 0.871. The smallest absolute Gasteiger partial charge is 0.0485 e. The van der Waals surface area contributed by atoms with Gasteiger partial charge in [-0.2, -0.15) is 0 Å². The Balaban J connectivity index is 2.90. The molecule has 0 aromatic heterocycles. The molecule has 1 rings (SSSR count). The van der Waals surface area contributed by atoms with Gasteiger partial charge in [-0.05, 0) is 41.1 Å². The Bertz CT molecular complexity index is 248. The molecule has 60 valence electrons. The predicted molar refractivity (Wildman–Crippen MR) is 56.0 cm³/mol. The molecule has 0 radical (unpaired) electrons. The summed E-state index contributed by atoms with van der Waals surface area (Å²) in [6.07, 6.45) is 0. The lowest BCUT2D eigenvalue weighted by molar-refractivity contribution is 1.21. The molecule has 0 unspecified atom stereocenters. The fraction of sp³-hybridized carbons (Fsp3) is 0.250. The molecule has 0 atom stereocenters. The van der Waals surface area contributed by atoms with E-state index >= 15 is 0 Å². The van der Waals surface area contributed by atoms with Crippen LogP contribution < -0.4 is 5.32 Å². The SMILES string of the molecule is CCNc1ccc(Br)cc1Br. The van der Waals surface area contributed by atoms with Crippen LogP contribution in [0, 0.1) is 0 Å². The number of hydrogen-bond donors (Lipinski definition) is 1. The summed E-state index contributed by atoms with van der Waals surface area (Å²) < 4.78 is 2.18. The molecule has 0 bridgehead atoms. The first kappa shape index (κ1) is 9.07. The van der Waals surface area contributed by atoms with Crippen molar-refractivity contribution in [1.82, 2.24) is 0 Å². The largest absolute Gasteiger partial charge is 0.384 e. The molecule has 0 fully saturated rings. The monoisotopic (exact) mass is 277 g/mol. The highest BCUT2D eigenvalue weighted by Gasteiger charge is 1.96. The molecule has 11 heavy (non-hydrogen) atoms.